The fraction of sp³-hybridized carbons (Fsp3) is 0.571. The highest BCUT2D eigenvalue weighted by molar-refractivity contribution is 14.0. The molecule has 4 rings (SSSR count). The zero-order valence-corrected chi connectivity index (χ0v) is 19.2. The van der Waals surface area contributed by atoms with Gasteiger partial charge in [-0.1, -0.05) is 0 Å². The molecule has 1 aromatic carbocycles. The Morgan fingerprint density at radius 1 is 1.38 bits per heavy atom. The minimum atomic E-state index is -0.205. The number of nitrogens with zero attached hydrogens (tertiary/aromatic N) is 2. The van der Waals surface area contributed by atoms with Gasteiger partial charge in [-0.15, -0.1) is 24.0 Å². The van der Waals surface area contributed by atoms with Crippen LogP contribution >= 0.6 is 24.0 Å². The third-order valence-corrected chi connectivity index (χ3v) is 5.68. The monoisotopic (exact) mass is 515 g/mol. The van der Waals surface area contributed by atoms with Crippen LogP contribution in [0.25, 0.3) is 10.9 Å². The van der Waals surface area contributed by atoms with Gasteiger partial charge in [0.25, 0.3) is 0 Å². The fourth-order valence-electron chi connectivity index (χ4n) is 4.20. The van der Waals surface area contributed by atoms with E-state index in [2.05, 4.69) is 27.4 Å². The number of fused-ring (bicyclic) bond motifs is 2. The number of rotatable bonds is 6. The third kappa shape index (κ3) is 5.61. The van der Waals surface area contributed by atoms with Crippen LogP contribution in [0.2, 0.25) is 0 Å². The lowest BCUT2D eigenvalue weighted by molar-refractivity contribution is -0.0432. The van der Waals surface area contributed by atoms with Crippen LogP contribution in [0, 0.1) is 5.82 Å². The Balaban J connectivity index is 0.00000240. The van der Waals surface area contributed by atoms with Crippen LogP contribution in [0.1, 0.15) is 25.3 Å². The molecule has 2 unspecified atom stereocenters. The molecule has 2 saturated heterocycles. The van der Waals surface area contributed by atoms with E-state index in [1.165, 1.54) is 25.5 Å². The summed E-state index contributed by atoms with van der Waals surface area (Å²) in [5, 5.41) is 7.63. The fourth-order valence-corrected chi connectivity index (χ4v) is 4.20. The van der Waals surface area contributed by atoms with E-state index in [1.807, 2.05) is 6.20 Å². The lowest BCUT2D eigenvalue weighted by atomic mass is 10.1. The van der Waals surface area contributed by atoms with E-state index in [0.29, 0.717) is 12.6 Å². The van der Waals surface area contributed by atoms with Gasteiger partial charge in [-0.2, -0.15) is 0 Å². The lowest BCUT2D eigenvalue weighted by Crippen LogP contribution is -2.47. The maximum absolute atomic E-state index is 13.5. The Hall–Kier alpha value is -1.39. The average molecular weight is 515 g/mol. The van der Waals surface area contributed by atoms with E-state index >= 15 is 0 Å². The number of guanidine groups is 1. The first-order chi connectivity index (χ1) is 13.7. The van der Waals surface area contributed by atoms with Gasteiger partial charge in [-0.3, -0.25) is 9.89 Å². The van der Waals surface area contributed by atoms with Gasteiger partial charge in [0.05, 0.1) is 19.3 Å². The van der Waals surface area contributed by atoms with Gasteiger partial charge >= 0.3 is 0 Å². The summed E-state index contributed by atoms with van der Waals surface area (Å²) in [7, 11) is 0. The molecule has 8 heteroatoms. The Bertz CT molecular complexity index is 827. The number of aromatic nitrogens is 1. The molecule has 2 fully saturated rings. The molecule has 1 aromatic heterocycles. The first-order valence-corrected chi connectivity index (χ1v) is 10.4. The number of hydrogen-bond donors (Lipinski definition) is 3. The van der Waals surface area contributed by atoms with Crippen molar-refractivity contribution in [3.8, 4) is 0 Å². The van der Waals surface area contributed by atoms with Crippen LogP contribution in [0.15, 0.2) is 29.4 Å². The summed E-state index contributed by atoms with van der Waals surface area (Å²) in [4.78, 5) is 10.5. The van der Waals surface area contributed by atoms with Crippen LogP contribution in [0.3, 0.4) is 0 Å². The van der Waals surface area contributed by atoms with Crippen molar-refractivity contribution in [2.75, 3.05) is 39.3 Å². The number of nitrogens with one attached hydrogen (secondary N) is 3. The maximum atomic E-state index is 13.5. The second-order valence-electron chi connectivity index (χ2n) is 7.65. The number of halogens is 2. The minimum absolute atomic E-state index is 0. The minimum Gasteiger partial charge on any atom is -0.373 e. The highest BCUT2D eigenvalue weighted by atomic mass is 127. The summed E-state index contributed by atoms with van der Waals surface area (Å²) in [5.41, 5.74) is 2.07. The Kier molecular flexibility index (Phi) is 8.14. The van der Waals surface area contributed by atoms with Crippen LogP contribution in [0.5, 0.6) is 0 Å². The van der Waals surface area contributed by atoms with Gasteiger partial charge in [0.2, 0.25) is 0 Å². The smallest absolute Gasteiger partial charge is 0.191 e. The summed E-state index contributed by atoms with van der Waals surface area (Å²) >= 11 is 0. The van der Waals surface area contributed by atoms with E-state index in [9.17, 15) is 4.39 Å². The van der Waals surface area contributed by atoms with Crippen molar-refractivity contribution in [2.24, 2.45) is 4.99 Å². The molecule has 0 amide bonds. The molecule has 2 aliphatic rings. The summed E-state index contributed by atoms with van der Waals surface area (Å²) in [6, 6.07) is 5.47. The zero-order valence-electron chi connectivity index (χ0n) is 16.9. The number of benzene rings is 1. The van der Waals surface area contributed by atoms with Crippen LogP contribution in [-0.2, 0) is 11.2 Å². The SMILES string of the molecule is CCNC(=NCC1CN2CCCC2CO1)NCCc1c[nH]c2ccc(F)cc12.I. The van der Waals surface area contributed by atoms with E-state index in [4.69, 9.17) is 9.73 Å². The maximum Gasteiger partial charge on any atom is 0.191 e. The molecular weight excluding hydrogens is 484 g/mol. The standard InChI is InChI=1S/C21H30FN5O.HI/c1-2-23-21(26-12-18-13-27-9-3-4-17(27)14-28-18)24-8-7-15-11-25-20-6-5-16(22)10-19(15)20;/h5-6,10-11,17-18,25H,2-4,7-9,12-14H2,1H3,(H2,23,24,26);1H. The highest BCUT2D eigenvalue weighted by Gasteiger charge is 2.31. The largest absolute Gasteiger partial charge is 0.373 e. The van der Waals surface area contributed by atoms with Gasteiger partial charge < -0.3 is 20.4 Å². The number of ether oxygens (including phenoxy) is 1. The van der Waals surface area contributed by atoms with Gasteiger partial charge in [0.1, 0.15) is 5.82 Å². The van der Waals surface area contributed by atoms with Crippen molar-refractivity contribution in [1.29, 1.82) is 0 Å². The summed E-state index contributed by atoms with van der Waals surface area (Å²) in [5.74, 6) is 0.601. The molecule has 0 bridgehead atoms. The van der Waals surface area contributed by atoms with Gasteiger partial charge in [0, 0.05) is 42.8 Å². The van der Waals surface area contributed by atoms with Crippen LogP contribution in [-0.4, -0.2) is 67.3 Å². The molecule has 0 spiro atoms. The van der Waals surface area contributed by atoms with Crippen LogP contribution < -0.4 is 10.6 Å². The molecule has 0 aliphatic carbocycles. The number of aliphatic imine (C=N–C) groups is 1. The first kappa shape index (κ1) is 22.3. The summed E-state index contributed by atoms with van der Waals surface area (Å²) < 4.78 is 19.5. The number of aromatic amines is 1. The Morgan fingerprint density at radius 2 is 2.28 bits per heavy atom. The molecule has 3 N–H and O–H groups in total. The Labute approximate surface area is 188 Å². The van der Waals surface area contributed by atoms with Crippen molar-refractivity contribution in [3.05, 3.63) is 35.8 Å². The predicted molar refractivity (Wildman–Crippen MR) is 126 cm³/mol. The van der Waals surface area contributed by atoms with E-state index < -0.39 is 0 Å². The van der Waals surface area contributed by atoms with Crippen LogP contribution in [0.4, 0.5) is 4.39 Å². The van der Waals surface area contributed by atoms with Crippen molar-refractivity contribution < 1.29 is 9.13 Å². The lowest BCUT2D eigenvalue weighted by Gasteiger charge is -2.34. The normalized spacial score (nSPS) is 22.3. The molecule has 29 heavy (non-hydrogen) atoms. The van der Waals surface area contributed by atoms with Gasteiger partial charge in [-0.05, 0) is 56.5 Å². The second kappa shape index (κ2) is 10.6. The number of morpholine rings is 1. The molecule has 2 aliphatic heterocycles. The third-order valence-electron chi connectivity index (χ3n) is 5.68. The molecule has 3 heterocycles. The molecular formula is C21H31FIN5O. The molecule has 0 saturated carbocycles. The van der Waals surface area contributed by atoms with E-state index in [0.717, 1.165) is 55.1 Å². The zero-order chi connectivity index (χ0) is 19.3. The molecule has 0 radical (unpaired) electrons. The Morgan fingerprint density at radius 3 is 3.14 bits per heavy atom. The second-order valence-corrected chi connectivity index (χ2v) is 7.65. The topological polar surface area (TPSA) is 64.7 Å². The van der Waals surface area contributed by atoms with E-state index in [1.54, 1.807) is 12.1 Å². The van der Waals surface area contributed by atoms with Gasteiger partial charge in [0.15, 0.2) is 5.96 Å². The number of H-pyrrole nitrogens is 1. The van der Waals surface area contributed by atoms with Crippen molar-refractivity contribution in [3.63, 3.8) is 0 Å². The van der Waals surface area contributed by atoms with Crippen molar-refractivity contribution in [1.82, 2.24) is 20.5 Å². The summed E-state index contributed by atoms with van der Waals surface area (Å²) in [6.45, 7) is 7.27. The molecule has 6 nitrogen and oxygen atoms in total. The van der Waals surface area contributed by atoms with Gasteiger partial charge in [-0.25, -0.2) is 4.39 Å². The predicted octanol–water partition coefficient (Wildman–Crippen LogP) is 2.89. The summed E-state index contributed by atoms with van der Waals surface area (Å²) in [6.07, 6.45) is 5.46. The van der Waals surface area contributed by atoms with E-state index in [-0.39, 0.29) is 35.9 Å². The van der Waals surface area contributed by atoms with Crippen molar-refractivity contribution >= 4 is 40.8 Å². The molecule has 2 aromatic rings. The number of hydrogen-bond acceptors (Lipinski definition) is 3. The first-order valence-electron chi connectivity index (χ1n) is 10.4. The average Bonchev–Trinajstić information content (AvgIpc) is 3.32. The molecule has 2 atom stereocenters. The molecule has 160 valence electrons. The quantitative estimate of drug-likeness (QED) is 0.315. The van der Waals surface area contributed by atoms with Crippen molar-refractivity contribution in [2.45, 2.75) is 38.3 Å². The highest BCUT2D eigenvalue weighted by Crippen LogP contribution is 2.22.